The first-order chi connectivity index (χ1) is 11.9. The van der Waals surface area contributed by atoms with Crippen LogP contribution in [0.2, 0.25) is 0 Å². The number of benzene rings is 1. The molecule has 0 aliphatic heterocycles. The summed E-state index contributed by atoms with van der Waals surface area (Å²) in [6.45, 7) is 6.62. The monoisotopic (exact) mass is 349 g/mol. The zero-order valence-electron chi connectivity index (χ0n) is 14.7. The summed E-state index contributed by atoms with van der Waals surface area (Å²) in [6, 6.07) is 5.32. The van der Waals surface area contributed by atoms with E-state index >= 15 is 0 Å². The summed E-state index contributed by atoms with van der Waals surface area (Å²) in [5.74, 6) is 0.526. The number of hydrogen-bond donors (Lipinski definition) is 2. The van der Waals surface area contributed by atoms with Crippen LogP contribution in [0, 0.1) is 18.7 Å². The predicted molar refractivity (Wildman–Crippen MR) is 91.2 cm³/mol. The van der Waals surface area contributed by atoms with Gasteiger partial charge in [0.2, 0.25) is 0 Å². The highest BCUT2D eigenvalue weighted by molar-refractivity contribution is 5.74. The molecule has 7 heteroatoms. The van der Waals surface area contributed by atoms with Crippen LogP contribution >= 0.6 is 0 Å². The summed E-state index contributed by atoms with van der Waals surface area (Å²) in [5.41, 5.74) is 1.23. The highest BCUT2D eigenvalue weighted by Gasteiger charge is 2.20. The SMILES string of the molecule is Cc1ocnc1CNC(=O)N(CC(C)C)CC(O)c1ccc(F)cc1. The van der Waals surface area contributed by atoms with Gasteiger partial charge in [0.15, 0.2) is 6.39 Å². The van der Waals surface area contributed by atoms with Gasteiger partial charge in [0.25, 0.3) is 0 Å². The third kappa shape index (κ3) is 5.56. The molecule has 0 saturated carbocycles. The quantitative estimate of drug-likeness (QED) is 0.805. The second kappa shape index (κ2) is 8.62. The van der Waals surface area contributed by atoms with Gasteiger partial charge in [-0.15, -0.1) is 0 Å². The molecule has 0 fully saturated rings. The number of aliphatic hydroxyl groups excluding tert-OH is 1. The molecule has 2 rings (SSSR count). The smallest absolute Gasteiger partial charge is 0.317 e. The number of hydrogen-bond acceptors (Lipinski definition) is 4. The zero-order chi connectivity index (χ0) is 18.4. The average molecular weight is 349 g/mol. The van der Waals surface area contributed by atoms with E-state index in [2.05, 4.69) is 10.3 Å². The lowest BCUT2D eigenvalue weighted by molar-refractivity contribution is 0.115. The van der Waals surface area contributed by atoms with Crippen molar-refractivity contribution in [1.82, 2.24) is 15.2 Å². The number of aromatic nitrogens is 1. The Bertz CT molecular complexity index is 685. The number of oxazole rings is 1. The number of nitrogens with zero attached hydrogens (tertiary/aromatic N) is 2. The minimum Gasteiger partial charge on any atom is -0.448 e. The summed E-state index contributed by atoms with van der Waals surface area (Å²) in [7, 11) is 0. The fourth-order valence-electron chi connectivity index (χ4n) is 2.45. The Morgan fingerprint density at radius 3 is 2.56 bits per heavy atom. The second-order valence-electron chi connectivity index (χ2n) is 6.38. The average Bonchev–Trinajstić information content (AvgIpc) is 2.97. The first-order valence-corrected chi connectivity index (χ1v) is 8.22. The molecule has 1 heterocycles. The molecule has 0 saturated heterocycles. The van der Waals surface area contributed by atoms with Gasteiger partial charge in [0, 0.05) is 6.54 Å². The van der Waals surface area contributed by atoms with Gasteiger partial charge < -0.3 is 19.7 Å². The van der Waals surface area contributed by atoms with Crippen LogP contribution in [0.4, 0.5) is 9.18 Å². The fourth-order valence-corrected chi connectivity index (χ4v) is 2.45. The molecule has 0 aliphatic carbocycles. The first kappa shape index (κ1) is 18.9. The fraction of sp³-hybridized carbons (Fsp3) is 0.444. The van der Waals surface area contributed by atoms with Gasteiger partial charge in [-0.2, -0.15) is 0 Å². The summed E-state index contributed by atoms with van der Waals surface area (Å²) < 4.78 is 18.1. The number of nitrogens with one attached hydrogen (secondary N) is 1. The number of amides is 2. The normalized spacial score (nSPS) is 12.2. The minimum atomic E-state index is -0.890. The molecule has 1 atom stereocenters. The van der Waals surface area contributed by atoms with Gasteiger partial charge in [-0.05, 0) is 30.5 Å². The topological polar surface area (TPSA) is 78.6 Å². The van der Waals surface area contributed by atoms with E-state index in [1.54, 1.807) is 11.8 Å². The molecule has 0 aliphatic rings. The van der Waals surface area contributed by atoms with E-state index < -0.39 is 6.10 Å². The predicted octanol–water partition coefficient (Wildman–Crippen LogP) is 3.02. The van der Waals surface area contributed by atoms with Crippen molar-refractivity contribution < 1.29 is 18.7 Å². The molecule has 6 nitrogen and oxygen atoms in total. The van der Waals surface area contributed by atoms with Gasteiger partial charge in [0.05, 0.1) is 19.2 Å². The molecule has 0 radical (unpaired) electrons. The molecular weight excluding hydrogens is 325 g/mol. The van der Waals surface area contributed by atoms with Crippen molar-refractivity contribution in [3.05, 3.63) is 53.5 Å². The Morgan fingerprint density at radius 2 is 2.00 bits per heavy atom. The molecule has 2 aromatic rings. The summed E-state index contributed by atoms with van der Waals surface area (Å²) in [6.07, 6.45) is 0.444. The summed E-state index contributed by atoms with van der Waals surface area (Å²) in [5, 5.41) is 13.2. The largest absolute Gasteiger partial charge is 0.448 e. The molecule has 1 unspecified atom stereocenters. The molecule has 1 aromatic carbocycles. The number of aliphatic hydroxyl groups is 1. The maximum Gasteiger partial charge on any atom is 0.317 e. The third-order valence-electron chi connectivity index (χ3n) is 3.77. The van der Waals surface area contributed by atoms with Crippen LogP contribution in [0.25, 0.3) is 0 Å². The van der Waals surface area contributed by atoms with Crippen LogP contribution < -0.4 is 5.32 Å². The standard InChI is InChI=1S/C18H24FN3O3/c1-12(2)9-22(10-17(23)14-4-6-15(19)7-5-14)18(24)20-8-16-13(3)25-11-21-16/h4-7,11-12,17,23H,8-10H2,1-3H3,(H,20,24). The van der Waals surface area contributed by atoms with Crippen molar-refractivity contribution >= 4 is 6.03 Å². The molecule has 0 spiro atoms. The van der Waals surface area contributed by atoms with Crippen molar-refractivity contribution in [3.63, 3.8) is 0 Å². The van der Waals surface area contributed by atoms with E-state index in [0.29, 0.717) is 23.6 Å². The molecule has 136 valence electrons. The Kier molecular flexibility index (Phi) is 6.52. The lowest BCUT2D eigenvalue weighted by Gasteiger charge is -2.27. The van der Waals surface area contributed by atoms with E-state index in [-0.39, 0.29) is 30.9 Å². The molecular formula is C18H24FN3O3. The number of halogens is 1. The number of urea groups is 1. The van der Waals surface area contributed by atoms with Gasteiger partial charge in [-0.25, -0.2) is 14.2 Å². The van der Waals surface area contributed by atoms with Crippen molar-refractivity contribution in [2.75, 3.05) is 13.1 Å². The van der Waals surface area contributed by atoms with E-state index in [9.17, 15) is 14.3 Å². The highest BCUT2D eigenvalue weighted by Crippen LogP contribution is 2.16. The summed E-state index contributed by atoms with van der Waals surface area (Å²) in [4.78, 5) is 18.1. The van der Waals surface area contributed by atoms with Gasteiger partial charge in [-0.3, -0.25) is 0 Å². The van der Waals surface area contributed by atoms with Crippen LogP contribution in [0.5, 0.6) is 0 Å². The second-order valence-corrected chi connectivity index (χ2v) is 6.38. The van der Waals surface area contributed by atoms with Crippen LogP contribution in [-0.2, 0) is 6.54 Å². The van der Waals surface area contributed by atoms with Crippen molar-refractivity contribution in [2.45, 2.75) is 33.4 Å². The van der Waals surface area contributed by atoms with E-state index in [1.165, 1.54) is 30.7 Å². The third-order valence-corrected chi connectivity index (χ3v) is 3.77. The van der Waals surface area contributed by atoms with Crippen molar-refractivity contribution in [1.29, 1.82) is 0 Å². The highest BCUT2D eigenvalue weighted by atomic mass is 19.1. The number of carbonyl (C=O) groups excluding carboxylic acids is 1. The molecule has 2 amide bonds. The maximum atomic E-state index is 13.0. The molecule has 25 heavy (non-hydrogen) atoms. The molecule has 2 N–H and O–H groups in total. The summed E-state index contributed by atoms with van der Waals surface area (Å²) >= 11 is 0. The van der Waals surface area contributed by atoms with Crippen LogP contribution in [-0.4, -0.2) is 34.1 Å². The Balaban J connectivity index is 2.00. The number of carbonyl (C=O) groups is 1. The first-order valence-electron chi connectivity index (χ1n) is 8.22. The van der Waals surface area contributed by atoms with Crippen LogP contribution in [0.3, 0.4) is 0 Å². The van der Waals surface area contributed by atoms with Gasteiger partial charge in [-0.1, -0.05) is 26.0 Å². The maximum absolute atomic E-state index is 13.0. The van der Waals surface area contributed by atoms with E-state index in [0.717, 1.165) is 0 Å². The van der Waals surface area contributed by atoms with Gasteiger partial charge in [0.1, 0.15) is 17.3 Å². The van der Waals surface area contributed by atoms with E-state index in [1.807, 2.05) is 13.8 Å². The number of aryl methyl sites for hydroxylation is 1. The Hall–Kier alpha value is -2.41. The minimum absolute atomic E-state index is 0.118. The van der Waals surface area contributed by atoms with Crippen LogP contribution in [0.15, 0.2) is 35.1 Å². The van der Waals surface area contributed by atoms with Crippen molar-refractivity contribution in [3.8, 4) is 0 Å². The molecule has 0 bridgehead atoms. The zero-order valence-corrected chi connectivity index (χ0v) is 14.7. The lowest BCUT2D eigenvalue weighted by Crippen LogP contribution is -2.43. The van der Waals surface area contributed by atoms with Crippen LogP contribution in [0.1, 0.15) is 37.0 Å². The Morgan fingerprint density at radius 1 is 1.32 bits per heavy atom. The Labute approximate surface area is 146 Å². The van der Waals surface area contributed by atoms with Gasteiger partial charge >= 0.3 is 6.03 Å². The molecule has 1 aromatic heterocycles. The van der Waals surface area contributed by atoms with E-state index in [4.69, 9.17) is 4.42 Å². The number of rotatable bonds is 7. The van der Waals surface area contributed by atoms with Crippen molar-refractivity contribution in [2.24, 2.45) is 5.92 Å². The lowest BCUT2D eigenvalue weighted by atomic mass is 10.1.